The van der Waals surface area contributed by atoms with Gasteiger partial charge in [0.2, 0.25) is 0 Å². The van der Waals surface area contributed by atoms with Gasteiger partial charge in [0, 0.05) is 70.2 Å². The average Bonchev–Trinajstić information content (AvgIpc) is 3.74. The molecule has 4 aliphatic rings. The second-order valence-electron chi connectivity index (χ2n) is 14.2. The van der Waals surface area contributed by atoms with Crippen molar-refractivity contribution in [3.05, 3.63) is 57.9 Å². The Morgan fingerprint density at radius 3 is 2.27 bits per heavy atom. The maximum Gasteiger partial charge on any atom is 0.416 e. The lowest BCUT2D eigenvalue weighted by molar-refractivity contribution is -0.138. The third-order valence-electron chi connectivity index (χ3n) is 10.5. The van der Waals surface area contributed by atoms with Crippen molar-refractivity contribution in [1.29, 1.82) is 0 Å². The van der Waals surface area contributed by atoms with Crippen LogP contribution >= 0.6 is 0 Å². The number of nitrogens with zero attached hydrogens (tertiary/aromatic N) is 5. The van der Waals surface area contributed by atoms with Gasteiger partial charge in [-0.1, -0.05) is 19.1 Å². The molecule has 4 fully saturated rings. The van der Waals surface area contributed by atoms with E-state index in [0.29, 0.717) is 59.9 Å². The van der Waals surface area contributed by atoms with Crippen LogP contribution in [0.1, 0.15) is 53.4 Å². The summed E-state index contributed by atoms with van der Waals surface area (Å²) in [5.41, 5.74) is 0.646. The van der Waals surface area contributed by atoms with E-state index >= 15 is 0 Å². The number of ether oxygens (including phenoxy) is 1. The maximum absolute atomic E-state index is 14.0. The first-order chi connectivity index (χ1) is 22.2. The number of imidazole rings is 1. The van der Waals surface area contributed by atoms with Gasteiger partial charge in [-0.2, -0.15) is 13.2 Å². The van der Waals surface area contributed by atoms with Gasteiger partial charge in [0.1, 0.15) is 45.0 Å². The molecule has 1 aromatic carbocycles. The van der Waals surface area contributed by atoms with Gasteiger partial charge in [-0.25, -0.2) is 9.50 Å². The highest BCUT2D eigenvalue weighted by atomic mass is 32.2. The van der Waals surface area contributed by atoms with Crippen LogP contribution in [0.25, 0.3) is 5.65 Å². The van der Waals surface area contributed by atoms with Gasteiger partial charge < -0.3 is 9.64 Å². The molecule has 234 valence electrons. The fourth-order valence-corrected chi connectivity index (χ4v) is 9.39. The van der Waals surface area contributed by atoms with E-state index in [0.717, 1.165) is 24.7 Å². The number of alkyl halides is 3. The van der Waals surface area contributed by atoms with E-state index < -0.39 is 44.1 Å². The van der Waals surface area contributed by atoms with Crippen LogP contribution in [0.4, 0.5) is 19.0 Å². The second-order valence-corrected chi connectivity index (χ2v) is 15.7. The number of halogens is 3. The molecule has 2 aromatic heterocycles. The van der Waals surface area contributed by atoms with Crippen molar-refractivity contribution in [3.8, 4) is 0 Å². The zero-order valence-electron chi connectivity index (χ0n) is 26.9. The number of hydrogen-bond donors (Lipinski definition) is 0. The Labute approximate surface area is 290 Å². The number of aryl methyl sites for hydroxylation is 1. The van der Waals surface area contributed by atoms with Crippen molar-refractivity contribution < 1.29 is 22.1 Å². The largest absolute Gasteiger partial charge is 0.416 e. The van der Waals surface area contributed by atoms with Gasteiger partial charge in [-0.05, 0) is 66.1 Å². The molecule has 3 saturated heterocycles. The highest BCUT2D eigenvalue weighted by Crippen LogP contribution is 2.54. The normalized spacial score (nSPS) is 26.4. The number of anilines is 1. The fourth-order valence-electron chi connectivity index (χ4n) is 7.74. The van der Waals surface area contributed by atoms with E-state index in [1.165, 1.54) is 17.9 Å². The van der Waals surface area contributed by atoms with Gasteiger partial charge in [0.25, 0.3) is 0 Å². The summed E-state index contributed by atoms with van der Waals surface area (Å²) in [5, 5.41) is -1.61. The van der Waals surface area contributed by atoms with Crippen molar-refractivity contribution >= 4 is 77.2 Å². The lowest BCUT2D eigenvalue weighted by Crippen LogP contribution is -2.86. The molecule has 0 amide bonds. The Kier molecular flexibility index (Phi) is 7.87. The Hall–Kier alpha value is -2.05. The molecular formula is C30H29B7F3N5O2S. The van der Waals surface area contributed by atoms with Crippen molar-refractivity contribution in [2.75, 3.05) is 29.5 Å². The fraction of sp³-hybridized carbons (Fsp3) is 0.600. The average molecular weight is 656 g/mol. The number of morpholine rings is 1. The van der Waals surface area contributed by atoms with E-state index in [9.17, 15) is 17.4 Å². The zero-order chi connectivity index (χ0) is 34.8. The van der Waals surface area contributed by atoms with Crippen LogP contribution < -0.4 is 4.90 Å². The molecular weight excluding hydrogens is 627 g/mol. The first-order valence-electron chi connectivity index (χ1n) is 15.9. The minimum Gasteiger partial charge on any atom is -0.405 e. The standard InChI is InChI=1S/C30H29B7F3N5O2S/c1-3-17-10-23(45-26(31,19-7-8-19)29(34,35)47-30(36,37)28(45,32)33)42-44-22(9-18-5-4-6-20(16(18)2)27(38,39)40)21(41-24(17)44)11-43-12-25(13-43)14-48(46)15-25/h4-6,10,19H,3,7-9,11-15H2,1-2H3. The van der Waals surface area contributed by atoms with Crippen molar-refractivity contribution in [2.24, 2.45) is 11.3 Å². The zero-order valence-corrected chi connectivity index (χ0v) is 27.7. The van der Waals surface area contributed by atoms with Crippen LogP contribution in [0, 0.1) is 18.3 Å². The number of rotatable bonds is 7. The maximum atomic E-state index is 14.0. The van der Waals surface area contributed by atoms with Crippen molar-refractivity contribution in [2.45, 2.75) is 73.8 Å². The predicted octanol–water partition coefficient (Wildman–Crippen LogP) is 0.858. The molecule has 1 saturated carbocycles. The summed E-state index contributed by atoms with van der Waals surface area (Å²) in [7, 11) is 45.1. The summed E-state index contributed by atoms with van der Waals surface area (Å²) in [6.45, 7) is 5.32. The highest BCUT2D eigenvalue weighted by molar-refractivity contribution is 7.86. The molecule has 3 aromatic rings. The number of benzene rings is 1. The minimum atomic E-state index is -4.53. The van der Waals surface area contributed by atoms with Crippen LogP contribution in [0.5, 0.6) is 0 Å². The lowest BCUT2D eigenvalue weighted by Gasteiger charge is -2.71. The van der Waals surface area contributed by atoms with Crippen LogP contribution in [0.2, 0.25) is 0 Å². The van der Waals surface area contributed by atoms with Gasteiger partial charge in [-0.15, -0.1) is 5.10 Å². The van der Waals surface area contributed by atoms with Crippen molar-refractivity contribution in [3.63, 3.8) is 0 Å². The van der Waals surface area contributed by atoms with Gasteiger partial charge >= 0.3 is 6.18 Å². The van der Waals surface area contributed by atoms with E-state index in [-0.39, 0.29) is 29.1 Å². The second kappa shape index (κ2) is 11.0. The molecule has 0 N–H and O–H groups in total. The van der Waals surface area contributed by atoms with E-state index in [1.54, 1.807) is 16.6 Å². The molecule has 1 aliphatic carbocycles. The van der Waals surface area contributed by atoms with E-state index in [2.05, 4.69) is 4.90 Å². The number of fused-ring (bicyclic) bond motifs is 1. The molecule has 3 aliphatic heterocycles. The van der Waals surface area contributed by atoms with E-state index in [4.69, 9.17) is 69.7 Å². The molecule has 48 heavy (non-hydrogen) atoms. The number of hydrogen-bond acceptors (Lipinski definition) is 6. The molecule has 1 unspecified atom stereocenters. The Morgan fingerprint density at radius 2 is 1.69 bits per heavy atom. The van der Waals surface area contributed by atoms with Gasteiger partial charge in [0.15, 0.2) is 5.65 Å². The summed E-state index contributed by atoms with van der Waals surface area (Å²) in [6, 6.07) is 5.86. The molecule has 7 rings (SSSR count). The summed E-state index contributed by atoms with van der Waals surface area (Å²) >= 11 is 0. The smallest absolute Gasteiger partial charge is 0.405 e. The third-order valence-corrected chi connectivity index (χ3v) is 12.4. The van der Waals surface area contributed by atoms with Crippen LogP contribution in [0.3, 0.4) is 0 Å². The first-order valence-corrected chi connectivity index (χ1v) is 17.4. The molecule has 7 nitrogen and oxygen atoms in total. The van der Waals surface area contributed by atoms with Gasteiger partial charge in [0.05, 0.1) is 32.6 Å². The molecule has 5 heterocycles. The molecule has 14 radical (unpaired) electrons. The molecule has 1 spiro atoms. The lowest BCUT2D eigenvalue weighted by atomic mass is 9.33. The Balaban J connectivity index is 1.40. The topological polar surface area (TPSA) is 63.0 Å². The quantitative estimate of drug-likeness (QED) is 0.352. The first kappa shape index (κ1) is 34.4. The van der Waals surface area contributed by atoms with Crippen LogP contribution in [0.15, 0.2) is 24.3 Å². The predicted molar refractivity (Wildman–Crippen MR) is 184 cm³/mol. The molecule has 1 atom stereocenters. The van der Waals surface area contributed by atoms with Crippen LogP contribution in [-0.4, -0.2) is 125 Å². The van der Waals surface area contributed by atoms with Crippen LogP contribution in [-0.2, 0) is 41.1 Å². The molecule has 0 bridgehead atoms. The third kappa shape index (κ3) is 5.19. The Bertz CT molecular complexity index is 1820. The summed E-state index contributed by atoms with van der Waals surface area (Å²) in [6.07, 6.45) is -2.67. The SMILES string of the molecule is [B]C1([B])OC([B])([B])C([B])(C2CC2)N(c2cc(CC)c3nc(CN4CC5(C4)CS(=O)C5)c(Cc4cccc(C(F)(F)F)c4C)n3n2)C1([B])[B]. The monoisotopic (exact) mass is 657 g/mol. The minimum absolute atomic E-state index is 0.0465. The highest BCUT2D eigenvalue weighted by Gasteiger charge is 2.64. The van der Waals surface area contributed by atoms with Crippen molar-refractivity contribution in [1.82, 2.24) is 19.5 Å². The number of likely N-dealkylation sites (tertiary alicyclic amines) is 1. The number of aromatic nitrogens is 3. The molecule has 18 heteroatoms. The summed E-state index contributed by atoms with van der Waals surface area (Å²) < 4.78 is 61.0. The summed E-state index contributed by atoms with van der Waals surface area (Å²) in [5.74, 6) is 1.19. The van der Waals surface area contributed by atoms with E-state index in [1.807, 2.05) is 6.92 Å². The van der Waals surface area contributed by atoms with Gasteiger partial charge in [-0.3, -0.25) is 9.11 Å². The Morgan fingerprint density at radius 1 is 1.02 bits per heavy atom. The summed E-state index contributed by atoms with van der Waals surface area (Å²) in [4.78, 5) is 8.56.